The molecule has 0 atom stereocenters. The number of carbonyl (C=O) groups excluding carboxylic acids is 1. The Balaban J connectivity index is 1.87. The van der Waals surface area contributed by atoms with E-state index >= 15 is 0 Å². The summed E-state index contributed by atoms with van der Waals surface area (Å²) in [6, 6.07) is 13.1. The van der Waals surface area contributed by atoms with Crippen molar-refractivity contribution in [3.63, 3.8) is 0 Å². The van der Waals surface area contributed by atoms with Crippen LogP contribution in [-0.4, -0.2) is 22.4 Å². The molecule has 0 amide bonds. The lowest BCUT2D eigenvalue weighted by Gasteiger charge is -2.13. The molecular formula is C24H26Cl2N2O3S. The number of Topliss-reactive ketones (excluding diaryl/α,β-unsaturated/α-hetero) is 1. The molecule has 0 radical (unpaired) electrons. The summed E-state index contributed by atoms with van der Waals surface area (Å²) in [5.41, 5.74) is 1.94. The van der Waals surface area contributed by atoms with E-state index in [4.69, 9.17) is 37.7 Å². The molecule has 0 bridgehead atoms. The van der Waals surface area contributed by atoms with Crippen LogP contribution < -0.4 is 4.74 Å². The van der Waals surface area contributed by atoms with Crippen LogP contribution in [0.3, 0.4) is 0 Å². The van der Waals surface area contributed by atoms with Gasteiger partial charge in [-0.25, -0.2) is 4.98 Å². The van der Waals surface area contributed by atoms with Crippen molar-refractivity contribution in [2.24, 2.45) is 0 Å². The largest absolute Gasteiger partial charge is 0.497 e. The number of methoxy groups -OCH3 is 1. The normalized spacial score (nSPS) is 11.2. The Labute approximate surface area is 203 Å². The van der Waals surface area contributed by atoms with E-state index in [1.807, 2.05) is 41.0 Å². The zero-order valence-corrected chi connectivity index (χ0v) is 20.9. The number of rotatable bonds is 10. The second-order valence-electron chi connectivity index (χ2n) is 7.71. The summed E-state index contributed by atoms with van der Waals surface area (Å²) in [4.78, 5) is 17.8. The first-order chi connectivity index (χ1) is 15.3. The molecule has 0 aliphatic heterocycles. The minimum atomic E-state index is 0.0417. The van der Waals surface area contributed by atoms with Crippen LogP contribution in [0.4, 0.5) is 0 Å². The lowest BCUT2D eigenvalue weighted by Crippen LogP contribution is -2.12. The molecule has 1 aromatic heterocycles. The third-order valence-corrected chi connectivity index (χ3v) is 6.19. The number of halogens is 2. The number of nitrogens with zero attached hydrogens (tertiary/aromatic N) is 2. The first-order valence-corrected chi connectivity index (χ1v) is 11.8. The predicted molar refractivity (Wildman–Crippen MR) is 129 cm³/mol. The first-order valence-electron chi connectivity index (χ1n) is 10.2. The Hall–Kier alpha value is -1.99. The Bertz CT molecular complexity index is 1060. The first kappa shape index (κ1) is 24.6. The fraction of sp³-hybridized carbons (Fsp3) is 0.333. The highest BCUT2D eigenvalue weighted by atomic mass is 35.5. The summed E-state index contributed by atoms with van der Waals surface area (Å²) in [6.45, 7) is 6.67. The summed E-state index contributed by atoms with van der Waals surface area (Å²) in [5, 5.41) is 2.02. The second kappa shape index (κ2) is 11.2. The van der Waals surface area contributed by atoms with Crippen molar-refractivity contribution in [1.29, 1.82) is 0 Å². The maximum absolute atomic E-state index is 12.1. The minimum Gasteiger partial charge on any atom is -0.497 e. The number of ether oxygens (including phenoxy) is 2. The molecule has 170 valence electrons. The standard InChI is InChI=1S/C24H26Cl2N2O3S/c1-15(2)23-24(32-21-10-18(25)9-19(26)11-21)28(12-16(3)29)22(27-23)14-31-13-17-5-7-20(30-4)8-6-17/h5-11,15H,12-14H2,1-4H3. The van der Waals surface area contributed by atoms with Crippen LogP contribution in [0.1, 0.15) is 43.8 Å². The number of ketones is 1. The molecule has 1 heterocycles. The highest BCUT2D eigenvalue weighted by Gasteiger charge is 2.22. The van der Waals surface area contributed by atoms with Gasteiger partial charge in [-0.05, 0) is 48.7 Å². The Morgan fingerprint density at radius 3 is 2.31 bits per heavy atom. The van der Waals surface area contributed by atoms with Gasteiger partial charge in [0.2, 0.25) is 0 Å². The molecule has 0 aliphatic carbocycles. The fourth-order valence-corrected chi connectivity index (χ4v) is 5.08. The summed E-state index contributed by atoms with van der Waals surface area (Å²) < 4.78 is 13.1. The average Bonchev–Trinajstić information content (AvgIpc) is 3.04. The number of aromatic nitrogens is 2. The van der Waals surface area contributed by atoms with Crippen molar-refractivity contribution < 1.29 is 14.3 Å². The van der Waals surface area contributed by atoms with Gasteiger partial charge < -0.3 is 14.0 Å². The average molecular weight is 493 g/mol. The van der Waals surface area contributed by atoms with Crippen molar-refractivity contribution in [3.05, 3.63) is 69.6 Å². The highest BCUT2D eigenvalue weighted by molar-refractivity contribution is 7.99. The fourth-order valence-electron chi connectivity index (χ4n) is 3.16. The number of carbonyl (C=O) groups is 1. The van der Waals surface area contributed by atoms with Crippen molar-refractivity contribution in [1.82, 2.24) is 9.55 Å². The lowest BCUT2D eigenvalue weighted by atomic mass is 10.1. The van der Waals surface area contributed by atoms with Gasteiger partial charge in [-0.3, -0.25) is 4.79 Å². The zero-order valence-electron chi connectivity index (χ0n) is 18.5. The van der Waals surface area contributed by atoms with Crippen LogP contribution in [0.25, 0.3) is 0 Å². The van der Waals surface area contributed by atoms with E-state index in [2.05, 4.69) is 13.8 Å². The second-order valence-corrected chi connectivity index (χ2v) is 9.64. The third-order valence-electron chi connectivity index (χ3n) is 4.66. The zero-order chi connectivity index (χ0) is 23.3. The van der Waals surface area contributed by atoms with Crippen LogP contribution in [0.15, 0.2) is 52.4 Å². The summed E-state index contributed by atoms with van der Waals surface area (Å²) >= 11 is 13.9. The Morgan fingerprint density at radius 1 is 1.09 bits per heavy atom. The van der Waals surface area contributed by atoms with E-state index in [0.717, 1.165) is 26.9 Å². The molecule has 2 aromatic carbocycles. The molecule has 0 unspecified atom stereocenters. The number of benzene rings is 2. The molecule has 32 heavy (non-hydrogen) atoms. The third kappa shape index (κ3) is 6.51. The van der Waals surface area contributed by atoms with Gasteiger partial charge in [-0.1, -0.05) is 60.9 Å². The molecule has 0 spiro atoms. The molecular weight excluding hydrogens is 467 g/mol. The molecule has 0 fully saturated rings. The maximum Gasteiger partial charge on any atom is 0.149 e. The van der Waals surface area contributed by atoms with Gasteiger partial charge in [0, 0.05) is 14.9 Å². The van der Waals surface area contributed by atoms with Gasteiger partial charge in [0.25, 0.3) is 0 Å². The van der Waals surface area contributed by atoms with Crippen LogP contribution in [0.5, 0.6) is 5.75 Å². The van der Waals surface area contributed by atoms with E-state index in [-0.39, 0.29) is 24.9 Å². The van der Waals surface area contributed by atoms with Crippen molar-refractivity contribution >= 4 is 40.7 Å². The molecule has 0 saturated heterocycles. The van der Waals surface area contributed by atoms with E-state index in [0.29, 0.717) is 22.5 Å². The minimum absolute atomic E-state index is 0.0417. The van der Waals surface area contributed by atoms with Crippen molar-refractivity contribution in [3.8, 4) is 5.75 Å². The number of hydrogen-bond donors (Lipinski definition) is 0. The van der Waals surface area contributed by atoms with Crippen LogP contribution in [0.2, 0.25) is 10.0 Å². The van der Waals surface area contributed by atoms with E-state index in [1.54, 1.807) is 20.1 Å². The van der Waals surface area contributed by atoms with Gasteiger partial charge in [0.15, 0.2) is 0 Å². The van der Waals surface area contributed by atoms with Crippen LogP contribution >= 0.6 is 35.0 Å². The number of hydrogen-bond acceptors (Lipinski definition) is 5. The predicted octanol–water partition coefficient (Wildman–Crippen LogP) is 6.78. The van der Waals surface area contributed by atoms with Gasteiger partial charge in [-0.15, -0.1) is 0 Å². The Morgan fingerprint density at radius 2 is 1.75 bits per heavy atom. The lowest BCUT2D eigenvalue weighted by molar-refractivity contribution is -0.117. The summed E-state index contributed by atoms with van der Waals surface area (Å²) in [6.07, 6.45) is 0. The van der Waals surface area contributed by atoms with E-state index in [1.165, 1.54) is 11.8 Å². The van der Waals surface area contributed by atoms with E-state index in [9.17, 15) is 4.79 Å². The number of imidazole rings is 1. The quantitative estimate of drug-likeness (QED) is 0.312. The SMILES string of the molecule is COc1ccc(COCc2nc(C(C)C)c(Sc3cc(Cl)cc(Cl)c3)n2CC(C)=O)cc1. The molecule has 3 rings (SSSR count). The molecule has 0 N–H and O–H groups in total. The topological polar surface area (TPSA) is 53.4 Å². The van der Waals surface area contributed by atoms with Gasteiger partial charge >= 0.3 is 0 Å². The smallest absolute Gasteiger partial charge is 0.149 e. The Kier molecular flexibility index (Phi) is 8.65. The van der Waals surface area contributed by atoms with E-state index < -0.39 is 0 Å². The summed E-state index contributed by atoms with van der Waals surface area (Å²) in [7, 11) is 1.64. The molecule has 0 saturated carbocycles. The molecule has 5 nitrogen and oxygen atoms in total. The van der Waals surface area contributed by atoms with Gasteiger partial charge in [0.05, 0.1) is 26.0 Å². The summed E-state index contributed by atoms with van der Waals surface area (Å²) in [5.74, 6) is 1.73. The van der Waals surface area contributed by atoms with Gasteiger partial charge in [0.1, 0.15) is 29.0 Å². The molecule has 3 aromatic rings. The highest BCUT2D eigenvalue weighted by Crippen LogP contribution is 2.37. The van der Waals surface area contributed by atoms with Gasteiger partial charge in [-0.2, -0.15) is 0 Å². The van der Waals surface area contributed by atoms with Crippen molar-refractivity contribution in [2.75, 3.05) is 7.11 Å². The molecule has 8 heteroatoms. The van der Waals surface area contributed by atoms with Crippen molar-refractivity contribution in [2.45, 2.75) is 56.4 Å². The maximum atomic E-state index is 12.1. The van der Waals surface area contributed by atoms with Crippen LogP contribution in [0, 0.1) is 0 Å². The van der Waals surface area contributed by atoms with Crippen LogP contribution in [-0.2, 0) is 29.3 Å². The molecule has 0 aliphatic rings. The monoisotopic (exact) mass is 492 g/mol.